The molecule has 17 heteroatoms. The zero-order valence-electron chi connectivity index (χ0n) is 22.9. The summed E-state index contributed by atoms with van der Waals surface area (Å²) >= 11 is 0. The van der Waals surface area contributed by atoms with Crippen molar-refractivity contribution in [2.24, 2.45) is 5.41 Å². The molecule has 1 saturated carbocycles. The summed E-state index contributed by atoms with van der Waals surface area (Å²) in [5, 5.41) is 16.6. The van der Waals surface area contributed by atoms with Crippen LogP contribution in [-0.2, 0) is 19.7 Å². The van der Waals surface area contributed by atoms with Gasteiger partial charge < -0.3 is 25.4 Å². The van der Waals surface area contributed by atoms with Gasteiger partial charge in [0, 0.05) is 30.1 Å². The van der Waals surface area contributed by atoms with Crippen molar-refractivity contribution < 1.29 is 50.4 Å². The molecule has 5 N–H and O–H groups in total. The topological polar surface area (TPSA) is 187 Å². The summed E-state index contributed by atoms with van der Waals surface area (Å²) < 4.78 is 74.0. The smallest absolute Gasteiger partial charge is 0.323 e. The zero-order chi connectivity index (χ0) is 32.2. The number of ether oxygens (including phenoxy) is 1. The lowest BCUT2D eigenvalue weighted by molar-refractivity contribution is -0.131. The number of amides is 4. The third-order valence-corrected chi connectivity index (χ3v) is 6.33. The van der Waals surface area contributed by atoms with Crippen molar-refractivity contribution in [2.75, 3.05) is 35.3 Å². The molecule has 0 atom stereocenters. The van der Waals surface area contributed by atoms with E-state index in [4.69, 9.17) is 9.29 Å². The number of aliphatic hydroxyl groups is 1. The fourth-order valence-corrected chi connectivity index (χ4v) is 3.89. The van der Waals surface area contributed by atoms with Crippen LogP contribution >= 0.6 is 0 Å². The highest BCUT2D eigenvalue weighted by Crippen LogP contribution is 2.47. The predicted molar refractivity (Wildman–Crippen MR) is 150 cm³/mol. The standard InChI is InChI=1S/C26H22F3N5O5.CH4O3S/c27-14-1-3-15(4-2-14)31-23(36)26(6-7-26)24(37)32-20-10-19(29)21(11-18(20)28)39-17-5-8-30-22(9-17)33-25(38)34-12-16(35)13-34;1-5(2,3)4/h1-5,8-11,16,35H,6-7,12-13H2,(H,31,36)(H,32,37)(H,30,33,38);1H3,(H,2,3,4). The van der Waals surface area contributed by atoms with E-state index in [0.717, 1.165) is 24.3 Å². The number of carbonyl (C=O) groups excluding carboxylic acids is 3. The summed E-state index contributed by atoms with van der Waals surface area (Å²) in [4.78, 5) is 43.0. The van der Waals surface area contributed by atoms with Crippen LogP contribution in [0.4, 0.5) is 35.2 Å². The minimum atomic E-state index is -3.67. The molecule has 3 aromatic rings. The molecule has 234 valence electrons. The number of halogens is 3. The van der Waals surface area contributed by atoms with Crippen LogP contribution in [0.15, 0.2) is 54.7 Å². The Labute approximate surface area is 248 Å². The van der Waals surface area contributed by atoms with Crippen LogP contribution in [0.3, 0.4) is 0 Å². The molecule has 4 amide bonds. The van der Waals surface area contributed by atoms with Gasteiger partial charge in [0.15, 0.2) is 17.4 Å². The molecule has 1 saturated heterocycles. The van der Waals surface area contributed by atoms with Crippen LogP contribution in [0, 0.1) is 22.9 Å². The number of urea groups is 1. The minimum Gasteiger partial charge on any atom is -0.454 e. The van der Waals surface area contributed by atoms with Gasteiger partial charge in [-0.05, 0) is 43.2 Å². The Kier molecular flexibility index (Phi) is 9.41. The van der Waals surface area contributed by atoms with Gasteiger partial charge in [-0.25, -0.2) is 22.9 Å². The highest BCUT2D eigenvalue weighted by atomic mass is 32.2. The van der Waals surface area contributed by atoms with Crippen molar-refractivity contribution >= 4 is 45.2 Å². The number of pyridine rings is 1. The number of hydrogen-bond acceptors (Lipinski definition) is 8. The number of aliphatic hydroxyl groups excluding tert-OH is 1. The Balaban J connectivity index is 0.000000818. The molecule has 2 heterocycles. The Morgan fingerprint density at radius 3 is 2.16 bits per heavy atom. The number of carbonyl (C=O) groups is 3. The lowest BCUT2D eigenvalue weighted by Gasteiger charge is -2.35. The molecule has 0 bridgehead atoms. The quantitative estimate of drug-likeness (QED) is 0.191. The van der Waals surface area contributed by atoms with Crippen molar-refractivity contribution in [2.45, 2.75) is 18.9 Å². The number of aromatic nitrogens is 1. The van der Waals surface area contributed by atoms with Crippen LogP contribution in [-0.4, -0.2) is 71.3 Å². The van der Waals surface area contributed by atoms with Gasteiger partial charge in [-0.1, -0.05) is 0 Å². The van der Waals surface area contributed by atoms with Crippen molar-refractivity contribution in [1.82, 2.24) is 9.88 Å². The number of nitrogens with zero attached hydrogens (tertiary/aromatic N) is 2. The minimum absolute atomic E-state index is 0.0495. The molecule has 1 aromatic heterocycles. The van der Waals surface area contributed by atoms with Gasteiger partial charge >= 0.3 is 6.03 Å². The predicted octanol–water partition coefficient (Wildman–Crippen LogP) is 3.36. The molecule has 1 aliphatic heterocycles. The number of rotatable bonds is 7. The lowest BCUT2D eigenvalue weighted by atomic mass is 10.0. The molecular weight excluding hydrogens is 611 g/mol. The molecule has 0 unspecified atom stereocenters. The first kappa shape index (κ1) is 32.2. The van der Waals surface area contributed by atoms with Crippen LogP contribution in [0.1, 0.15) is 12.8 Å². The van der Waals surface area contributed by atoms with E-state index in [9.17, 15) is 41.1 Å². The fourth-order valence-electron chi connectivity index (χ4n) is 3.89. The summed E-state index contributed by atoms with van der Waals surface area (Å²) in [5.74, 6) is -4.29. The SMILES string of the molecule is CS(=O)(=O)O.O=C(Nc1cc(Oc2cc(F)c(NC(=O)C3(C(=O)Nc4ccc(F)cc4)CC3)cc2F)ccn1)N1CC(O)C1. The van der Waals surface area contributed by atoms with Gasteiger partial charge in [-0.3, -0.25) is 19.5 Å². The highest BCUT2D eigenvalue weighted by molar-refractivity contribution is 7.85. The summed E-state index contributed by atoms with van der Waals surface area (Å²) in [6, 6.07) is 8.64. The molecule has 1 aliphatic carbocycles. The van der Waals surface area contributed by atoms with Crippen molar-refractivity contribution in [1.29, 1.82) is 0 Å². The second kappa shape index (κ2) is 12.9. The Morgan fingerprint density at radius 2 is 1.57 bits per heavy atom. The highest BCUT2D eigenvalue weighted by Gasteiger charge is 2.56. The third kappa shape index (κ3) is 8.42. The monoisotopic (exact) mass is 637 g/mol. The number of β-amino-alcohol motifs (C(OH)–C–C–N with tert-alkyl or cyclic N) is 1. The van der Waals surface area contributed by atoms with Crippen LogP contribution in [0.5, 0.6) is 11.5 Å². The van der Waals surface area contributed by atoms with E-state index in [1.165, 1.54) is 35.4 Å². The van der Waals surface area contributed by atoms with E-state index in [1.54, 1.807) is 0 Å². The maximum absolute atomic E-state index is 14.8. The summed E-state index contributed by atoms with van der Waals surface area (Å²) in [6.07, 6.45) is 1.85. The third-order valence-electron chi connectivity index (χ3n) is 6.33. The van der Waals surface area contributed by atoms with Gasteiger partial charge in [0.05, 0.1) is 31.1 Å². The molecule has 0 spiro atoms. The van der Waals surface area contributed by atoms with Crippen LogP contribution < -0.4 is 20.7 Å². The van der Waals surface area contributed by atoms with Crippen molar-refractivity contribution in [3.63, 3.8) is 0 Å². The Hall–Kier alpha value is -4.74. The molecule has 0 radical (unpaired) electrons. The summed E-state index contributed by atoms with van der Waals surface area (Å²) in [7, 11) is -3.67. The van der Waals surface area contributed by atoms with Crippen molar-refractivity contribution in [3.05, 3.63) is 72.2 Å². The number of benzene rings is 2. The van der Waals surface area contributed by atoms with E-state index in [-0.39, 0.29) is 43.2 Å². The molecule has 2 aromatic carbocycles. The average Bonchev–Trinajstić information content (AvgIpc) is 3.73. The second-order valence-electron chi connectivity index (χ2n) is 9.96. The average molecular weight is 638 g/mol. The molecule has 2 fully saturated rings. The normalized spacial score (nSPS) is 15.2. The van der Waals surface area contributed by atoms with Gasteiger partial charge in [0.1, 0.15) is 22.8 Å². The van der Waals surface area contributed by atoms with Gasteiger partial charge in [0.2, 0.25) is 11.8 Å². The second-order valence-corrected chi connectivity index (χ2v) is 11.4. The fraction of sp³-hybridized carbons (Fsp3) is 0.259. The maximum Gasteiger partial charge on any atom is 0.323 e. The number of anilines is 3. The molecule has 5 rings (SSSR count). The van der Waals surface area contributed by atoms with Gasteiger partial charge in [-0.15, -0.1) is 0 Å². The van der Waals surface area contributed by atoms with E-state index in [0.29, 0.717) is 6.26 Å². The number of nitrogens with one attached hydrogen (secondary N) is 3. The lowest BCUT2D eigenvalue weighted by Crippen LogP contribution is -2.54. The number of likely N-dealkylation sites (tertiary alicyclic amines) is 1. The van der Waals surface area contributed by atoms with E-state index in [1.807, 2.05) is 0 Å². The van der Waals surface area contributed by atoms with Gasteiger partial charge in [-0.2, -0.15) is 8.42 Å². The molecule has 13 nitrogen and oxygen atoms in total. The van der Waals surface area contributed by atoms with E-state index in [2.05, 4.69) is 20.9 Å². The molecule has 44 heavy (non-hydrogen) atoms. The van der Waals surface area contributed by atoms with Crippen molar-refractivity contribution in [3.8, 4) is 11.5 Å². The zero-order valence-corrected chi connectivity index (χ0v) is 23.7. The molecule has 2 aliphatic rings. The largest absolute Gasteiger partial charge is 0.454 e. The summed E-state index contributed by atoms with van der Waals surface area (Å²) in [6.45, 7) is 0.380. The first-order valence-corrected chi connectivity index (χ1v) is 14.7. The summed E-state index contributed by atoms with van der Waals surface area (Å²) in [5.41, 5.74) is -1.65. The van der Waals surface area contributed by atoms with Crippen LogP contribution in [0.25, 0.3) is 0 Å². The van der Waals surface area contributed by atoms with E-state index >= 15 is 0 Å². The first-order valence-electron chi connectivity index (χ1n) is 12.8. The Morgan fingerprint density at radius 1 is 0.955 bits per heavy atom. The molecular formula is C27H26F3N5O8S. The Bertz CT molecular complexity index is 1670. The first-order chi connectivity index (χ1) is 20.6. The maximum atomic E-state index is 14.8. The van der Waals surface area contributed by atoms with E-state index < -0.39 is 68.4 Å². The van der Waals surface area contributed by atoms with Gasteiger partial charge in [0.25, 0.3) is 10.1 Å². The number of hydrogen-bond donors (Lipinski definition) is 5. The van der Waals surface area contributed by atoms with Crippen LogP contribution in [0.2, 0.25) is 0 Å².